The molecule has 0 bridgehead atoms. The monoisotopic (exact) mass is 405 g/mol. The molecule has 2 aromatic carbocycles. The van der Waals surface area contributed by atoms with Crippen molar-refractivity contribution >= 4 is 29.3 Å². The van der Waals surface area contributed by atoms with E-state index in [1.54, 1.807) is 11.8 Å². The Balaban J connectivity index is 1.67. The zero-order chi connectivity index (χ0) is 19.3. The van der Waals surface area contributed by atoms with Gasteiger partial charge in [-0.2, -0.15) is 0 Å². The second-order valence-corrected chi connectivity index (χ2v) is 8.28. The number of aryl methyl sites for hydroxylation is 1. The third-order valence-electron chi connectivity index (χ3n) is 4.92. The van der Waals surface area contributed by atoms with Crippen LogP contribution in [-0.2, 0) is 13.6 Å². The van der Waals surface area contributed by atoms with E-state index in [2.05, 4.69) is 17.4 Å². The molecule has 0 radical (unpaired) electrons. The van der Waals surface area contributed by atoms with Crippen LogP contribution in [0.4, 0.5) is 0 Å². The smallest absolute Gasteiger partial charge is 0.251 e. The Morgan fingerprint density at radius 3 is 2.75 bits per heavy atom. The van der Waals surface area contributed by atoms with Gasteiger partial charge in [0.2, 0.25) is 0 Å². The maximum Gasteiger partial charge on any atom is 0.251 e. The van der Waals surface area contributed by atoms with E-state index in [0.717, 1.165) is 48.6 Å². The lowest BCUT2D eigenvalue weighted by Crippen LogP contribution is -2.12. The molecule has 3 aliphatic rings. The summed E-state index contributed by atoms with van der Waals surface area (Å²) in [5.74, 6) is 0.924. The van der Waals surface area contributed by atoms with Gasteiger partial charge in [0.1, 0.15) is 5.82 Å². The molecule has 28 heavy (non-hydrogen) atoms. The van der Waals surface area contributed by atoms with Crippen molar-refractivity contribution in [3.05, 3.63) is 76.9 Å². The quantitative estimate of drug-likeness (QED) is 0.507. The maximum absolute atomic E-state index is 11.9. The van der Waals surface area contributed by atoms with Gasteiger partial charge in [0, 0.05) is 51.3 Å². The zero-order valence-corrected chi connectivity index (χ0v) is 16.6. The number of pyridine rings is 1. The number of amides is 1. The molecule has 3 heterocycles. The molecule has 0 atom stereocenters. The molecule has 2 aromatic rings. The van der Waals surface area contributed by atoms with Gasteiger partial charge < -0.3 is 9.88 Å². The fourth-order valence-corrected chi connectivity index (χ4v) is 4.67. The van der Waals surface area contributed by atoms with Gasteiger partial charge in [0.05, 0.1) is 5.69 Å². The molecule has 0 saturated heterocycles. The Morgan fingerprint density at radius 2 is 1.93 bits per heavy atom. The fourth-order valence-electron chi connectivity index (χ4n) is 3.50. The van der Waals surface area contributed by atoms with Crippen molar-refractivity contribution in [2.75, 3.05) is 0 Å². The van der Waals surface area contributed by atoms with Crippen LogP contribution in [0.15, 0.2) is 70.6 Å². The lowest BCUT2D eigenvalue weighted by Gasteiger charge is -2.08. The lowest BCUT2D eigenvalue weighted by molar-refractivity contribution is 0.0966. The minimum atomic E-state index is -0.00987. The zero-order valence-electron chi connectivity index (χ0n) is 15.1. The molecule has 0 aliphatic carbocycles. The number of hydrogen-bond donors (Lipinski definition) is 1. The standard InChI is InChI=1S/C22H16ClN3OS/c1-26-10-2-3-18-20(28-16-7-5-15(23)6-8-16)19(25-21(18)26)13-4-9-17-14(11-13)12-24-22(17)27/h2-11H,12H2,1H3,(H,24,27). The molecular weight excluding hydrogens is 390 g/mol. The highest BCUT2D eigenvalue weighted by atomic mass is 35.5. The second kappa shape index (κ2) is 6.69. The first-order chi connectivity index (χ1) is 13.6. The van der Waals surface area contributed by atoms with Crippen molar-refractivity contribution in [3.63, 3.8) is 0 Å². The first-order valence-electron chi connectivity index (χ1n) is 8.90. The van der Waals surface area contributed by atoms with Crippen LogP contribution in [0.2, 0.25) is 5.02 Å². The number of carbonyl (C=O) groups excluding carboxylic acids is 1. The van der Waals surface area contributed by atoms with Gasteiger partial charge in [-0.1, -0.05) is 29.4 Å². The number of carbonyl (C=O) groups is 1. The molecule has 0 aromatic heterocycles. The van der Waals surface area contributed by atoms with Gasteiger partial charge in [-0.05, 0) is 54.1 Å². The third-order valence-corrected chi connectivity index (χ3v) is 6.30. The Morgan fingerprint density at radius 1 is 1.11 bits per heavy atom. The van der Waals surface area contributed by atoms with Crippen LogP contribution in [0.25, 0.3) is 22.6 Å². The van der Waals surface area contributed by atoms with Gasteiger partial charge in [0.25, 0.3) is 5.91 Å². The van der Waals surface area contributed by atoms with Crippen molar-refractivity contribution in [2.24, 2.45) is 7.05 Å². The van der Waals surface area contributed by atoms with E-state index in [1.807, 2.05) is 60.3 Å². The SMILES string of the molecule is Cn1cccc2c(Sc3ccc(Cl)cc3)c(-c3ccc4c(c3)CNC4=O)nc1-2. The molecule has 0 spiro atoms. The van der Waals surface area contributed by atoms with Gasteiger partial charge in [0.15, 0.2) is 0 Å². The summed E-state index contributed by atoms with van der Waals surface area (Å²) < 4.78 is 2.03. The summed E-state index contributed by atoms with van der Waals surface area (Å²) in [6.07, 6.45) is 2.00. The largest absolute Gasteiger partial charge is 0.348 e. The van der Waals surface area contributed by atoms with E-state index in [9.17, 15) is 4.79 Å². The van der Waals surface area contributed by atoms with Crippen molar-refractivity contribution in [1.82, 2.24) is 14.9 Å². The average Bonchev–Trinajstić information content (AvgIpc) is 3.25. The predicted octanol–water partition coefficient (Wildman–Crippen LogP) is 5.24. The van der Waals surface area contributed by atoms with Gasteiger partial charge in [-0.3, -0.25) is 4.79 Å². The number of benzene rings is 2. The fraction of sp³-hybridized carbons (Fsp3) is 0.0909. The van der Waals surface area contributed by atoms with Crippen LogP contribution in [0.1, 0.15) is 15.9 Å². The van der Waals surface area contributed by atoms with E-state index in [1.165, 1.54) is 0 Å². The van der Waals surface area contributed by atoms with Gasteiger partial charge in [-0.25, -0.2) is 4.98 Å². The summed E-state index contributed by atoms with van der Waals surface area (Å²) in [5, 5.41) is 3.60. The first kappa shape index (κ1) is 17.3. The highest BCUT2D eigenvalue weighted by Gasteiger charge is 2.24. The van der Waals surface area contributed by atoms with Crippen LogP contribution in [0.3, 0.4) is 0 Å². The van der Waals surface area contributed by atoms with Gasteiger partial charge >= 0.3 is 0 Å². The molecule has 1 N–H and O–H groups in total. The highest BCUT2D eigenvalue weighted by molar-refractivity contribution is 7.99. The topological polar surface area (TPSA) is 46.9 Å². The number of aromatic nitrogens is 2. The Kier molecular flexibility index (Phi) is 4.14. The Labute approximate surface area is 171 Å². The van der Waals surface area contributed by atoms with Crippen LogP contribution in [0.5, 0.6) is 0 Å². The number of hydrogen-bond acceptors (Lipinski definition) is 3. The Bertz CT molecular complexity index is 1180. The molecule has 5 rings (SSSR count). The molecule has 0 unspecified atom stereocenters. The predicted molar refractivity (Wildman–Crippen MR) is 112 cm³/mol. The average molecular weight is 406 g/mol. The number of rotatable bonds is 3. The van der Waals surface area contributed by atoms with Crippen LogP contribution in [0, 0.1) is 0 Å². The Hall–Kier alpha value is -2.76. The lowest BCUT2D eigenvalue weighted by atomic mass is 10.0. The maximum atomic E-state index is 11.9. The van der Waals surface area contributed by atoms with Crippen LogP contribution in [-0.4, -0.2) is 15.5 Å². The van der Waals surface area contributed by atoms with E-state index in [4.69, 9.17) is 16.6 Å². The summed E-state index contributed by atoms with van der Waals surface area (Å²) in [5.41, 5.74) is 4.81. The van der Waals surface area contributed by atoms with Crippen molar-refractivity contribution in [3.8, 4) is 22.6 Å². The van der Waals surface area contributed by atoms with E-state index in [-0.39, 0.29) is 5.91 Å². The molecule has 0 saturated carbocycles. The molecular formula is C22H16ClN3OS. The summed E-state index contributed by atoms with van der Waals surface area (Å²) >= 11 is 7.72. The number of nitrogens with zero attached hydrogens (tertiary/aromatic N) is 2. The molecule has 138 valence electrons. The van der Waals surface area contributed by atoms with Crippen molar-refractivity contribution < 1.29 is 4.79 Å². The van der Waals surface area contributed by atoms with Crippen LogP contribution >= 0.6 is 23.4 Å². The summed E-state index contributed by atoms with van der Waals surface area (Å²) in [4.78, 5) is 19.0. The molecule has 6 heteroatoms. The van der Waals surface area contributed by atoms with Crippen molar-refractivity contribution in [2.45, 2.75) is 16.3 Å². The first-order valence-corrected chi connectivity index (χ1v) is 10.1. The van der Waals surface area contributed by atoms with E-state index in [0.29, 0.717) is 6.54 Å². The normalized spacial score (nSPS) is 13.0. The van der Waals surface area contributed by atoms with E-state index < -0.39 is 0 Å². The molecule has 0 fully saturated rings. The summed E-state index contributed by atoms with van der Waals surface area (Å²) in [6, 6.07) is 17.9. The number of nitrogens with one attached hydrogen (secondary N) is 1. The van der Waals surface area contributed by atoms with Crippen LogP contribution < -0.4 is 5.32 Å². The molecule has 3 aliphatic heterocycles. The summed E-state index contributed by atoms with van der Waals surface area (Å²) in [7, 11) is 2.00. The molecule has 4 nitrogen and oxygen atoms in total. The molecule has 1 amide bonds. The number of fused-ring (bicyclic) bond motifs is 2. The highest BCUT2D eigenvalue weighted by Crippen LogP contribution is 2.44. The van der Waals surface area contributed by atoms with Gasteiger partial charge in [-0.15, -0.1) is 0 Å². The summed E-state index contributed by atoms with van der Waals surface area (Å²) in [6.45, 7) is 0.565. The minimum Gasteiger partial charge on any atom is -0.348 e. The van der Waals surface area contributed by atoms with E-state index >= 15 is 0 Å². The third kappa shape index (κ3) is 2.87. The second-order valence-electron chi connectivity index (χ2n) is 6.76. The number of halogens is 1. The minimum absolute atomic E-state index is 0.00987. The van der Waals surface area contributed by atoms with Crippen molar-refractivity contribution in [1.29, 1.82) is 0 Å².